The van der Waals surface area contributed by atoms with Crippen LogP contribution in [-0.4, -0.2) is 47.3 Å². The van der Waals surface area contributed by atoms with Gasteiger partial charge >= 0.3 is 0 Å². The highest BCUT2D eigenvalue weighted by Crippen LogP contribution is 2.26. The van der Waals surface area contributed by atoms with Crippen molar-refractivity contribution in [3.8, 4) is 0 Å². The normalized spacial score (nSPS) is 22.3. The predicted octanol–water partition coefficient (Wildman–Crippen LogP) is 2.22. The molecular weight excluding hydrogens is 238 g/mol. The first-order valence-electron chi connectivity index (χ1n) is 6.27. The first-order chi connectivity index (χ1) is 7.76. The Balaban J connectivity index is 2.21. The highest BCUT2D eigenvalue weighted by molar-refractivity contribution is 8.06. The summed E-state index contributed by atoms with van der Waals surface area (Å²) in [7, 11) is 0. The van der Waals surface area contributed by atoms with Gasteiger partial charge in [0.05, 0.1) is 0 Å². The quantitative estimate of drug-likeness (QED) is 0.738. The Hall–Kier alpha value is 0.620. The van der Waals surface area contributed by atoms with Crippen LogP contribution in [0.25, 0.3) is 0 Å². The lowest BCUT2D eigenvalue weighted by atomic mass is 9.83. The molecule has 0 saturated carbocycles. The average Bonchev–Trinajstić information content (AvgIpc) is 2.37. The summed E-state index contributed by atoms with van der Waals surface area (Å²) in [5.74, 6) is 3.89. The molecule has 1 heterocycles. The van der Waals surface area contributed by atoms with E-state index in [4.69, 9.17) is 0 Å². The van der Waals surface area contributed by atoms with E-state index < -0.39 is 0 Å². The molecule has 96 valence electrons. The highest BCUT2D eigenvalue weighted by Gasteiger charge is 2.25. The molecule has 0 bridgehead atoms. The van der Waals surface area contributed by atoms with Gasteiger partial charge in [-0.1, -0.05) is 13.8 Å². The minimum Gasteiger partial charge on any atom is -0.396 e. The topological polar surface area (TPSA) is 32.3 Å². The third-order valence-electron chi connectivity index (χ3n) is 3.59. The van der Waals surface area contributed by atoms with Crippen molar-refractivity contribution in [1.82, 2.24) is 5.32 Å². The molecular formula is C12H25NOS2. The van der Waals surface area contributed by atoms with Crippen molar-refractivity contribution in [1.29, 1.82) is 0 Å². The molecule has 4 heteroatoms. The first-order valence-corrected chi connectivity index (χ1v) is 8.47. The summed E-state index contributed by atoms with van der Waals surface area (Å²) in [4.78, 5) is 0. The summed E-state index contributed by atoms with van der Waals surface area (Å²) < 4.78 is 0. The molecule has 1 aliphatic rings. The number of aliphatic hydroxyl groups is 1. The van der Waals surface area contributed by atoms with Crippen molar-refractivity contribution in [2.24, 2.45) is 5.41 Å². The van der Waals surface area contributed by atoms with Gasteiger partial charge in [-0.3, -0.25) is 0 Å². The molecule has 0 aromatic rings. The van der Waals surface area contributed by atoms with Crippen LogP contribution in [0.1, 0.15) is 26.7 Å². The van der Waals surface area contributed by atoms with E-state index in [9.17, 15) is 5.11 Å². The SMILES string of the molecule is CCC(CC)(CO)CNCC1CSCCS1. The molecule has 0 aliphatic carbocycles. The molecule has 0 aromatic heterocycles. The second kappa shape index (κ2) is 7.85. The van der Waals surface area contributed by atoms with E-state index >= 15 is 0 Å². The third-order valence-corrected chi connectivity index (χ3v) is 6.44. The van der Waals surface area contributed by atoms with Gasteiger partial charge in [0.2, 0.25) is 0 Å². The number of aliphatic hydroxyl groups excluding tert-OH is 1. The van der Waals surface area contributed by atoms with Crippen molar-refractivity contribution in [2.45, 2.75) is 31.9 Å². The molecule has 1 rings (SSSR count). The van der Waals surface area contributed by atoms with Gasteiger partial charge in [0.15, 0.2) is 0 Å². The van der Waals surface area contributed by atoms with E-state index in [0.29, 0.717) is 6.61 Å². The third kappa shape index (κ3) is 4.47. The molecule has 1 saturated heterocycles. The molecule has 1 unspecified atom stereocenters. The van der Waals surface area contributed by atoms with E-state index in [1.165, 1.54) is 17.3 Å². The number of thioether (sulfide) groups is 2. The Morgan fingerprint density at radius 2 is 2.06 bits per heavy atom. The van der Waals surface area contributed by atoms with Gasteiger partial charge in [-0.25, -0.2) is 0 Å². The van der Waals surface area contributed by atoms with Crippen LogP contribution in [-0.2, 0) is 0 Å². The number of hydrogen-bond acceptors (Lipinski definition) is 4. The fourth-order valence-electron chi connectivity index (χ4n) is 1.93. The van der Waals surface area contributed by atoms with E-state index in [2.05, 4.69) is 42.7 Å². The molecule has 1 aliphatic heterocycles. The highest BCUT2D eigenvalue weighted by atomic mass is 32.2. The predicted molar refractivity (Wildman–Crippen MR) is 76.5 cm³/mol. The molecule has 0 amide bonds. The monoisotopic (exact) mass is 263 g/mol. The number of hydrogen-bond donors (Lipinski definition) is 2. The second-order valence-corrected chi connectivity index (χ2v) is 7.12. The van der Waals surface area contributed by atoms with Crippen LogP contribution in [0.2, 0.25) is 0 Å². The number of rotatable bonds is 7. The van der Waals surface area contributed by atoms with Crippen molar-refractivity contribution in [3.63, 3.8) is 0 Å². The Kier molecular flexibility index (Phi) is 7.20. The molecule has 1 atom stereocenters. The van der Waals surface area contributed by atoms with Crippen LogP contribution in [0.15, 0.2) is 0 Å². The smallest absolute Gasteiger partial charge is 0.0499 e. The fraction of sp³-hybridized carbons (Fsp3) is 1.00. The average molecular weight is 263 g/mol. The summed E-state index contributed by atoms with van der Waals surface area (Å²) in [5.41, 5.74) is 0.104. The Morgan fingerprint density at radius 1 is 1.31 bits per heavy atom. The van der Waals surface area contributed by atoms with Crippen LogP contribution >= 0.6 is 23.5 Å². The molecule has 0 radical (unpaired) electrons. The van der Waals surface area contributed by atoms with E-state index in [1.807, 2.05) is 0 Å². The molecule has 16 heavy (non-hydrogen) atoms. The van der Waals surface area contributed by atoms with Crippen LogP contribution in [0.3, 0.4) is 0 Å². The maximum absolute atomic E-state index is 9.46. The zero-order valence-electron chi connectivity index (χ0n) is 10.5. The van der Waals surface area contributed by atoms with Gasteiger partial charge in [-0.15, -0.1) is 0 Å². The van der Waals surface area contributed by atoms with Crippen molar-refractivity contribution < 1.29 is 5.11 Å². The standard InChI is InChI=1S/C12H25NOS2/c1-3-12(4-2,10-14)9-13-7-11-8-15-5-6-16-11/h11,13-14H,3-10H2,1-2H3. The maximum atomic E-state index is 9.46. The number of nitrogens with one attached hydrogen (secondary N) is 1. The molecule has 0 spiro atoms. The molecule has 1 fully saturated rings. The molecule has 2 N–H and O–H groups in total. The molecule has 0 aromatic carbocycles. The molecule has 2 nitrogen and oxygen atoms in total. The Bertz CT molecular complexity index is 172. The summed E-state index contributed by atoms with van der Waals surface area (Å²) >= 11 is 4.16. The van der Waals surface area contributed by atoms with Crippen LogP contribution in [0.4, 0.5) is 0 Å². The summed E-state index contributed by atoms with van der Waals surface area (Å²) in [6.45, 7) is 6.70. The van der Waals surface area contributed by atoms with Crippen molar-refractivity contribution in [3.05, 3.63) is 0 Å². The van der Waals surface area contributed by atoms with Crippen molar-refractivity contribution in [2.75, 3.05) is 37.0 Å². The summed E-state index contributed by atoms with van der Waals surface area (Å²) in [6.07, 6.45) is 2.11. The largest absolute Gasteiger partial charge is 0.396 e. The van der Waals surface area contributed by atoms with Gasteiger partial charge in [0.25, 0.3) is 0 Å². The lowest BCUT2D eigenvalue weighted by Gasteiger charge is -2.31. The van der Waals surface area contributed by atoms with Crippen molar-refractivity contribution >= 4 is 23.5 Å². The van der Waals surface area contributed by atoms with Gasteiger partial charge in [-0.05, 0) is 12.8 Å². The zero-order chi connectivity index (χ0) is 11.9. The summed E-state index contributed by atoms with van der Waals surface area (Å²) in [6, 6.07) is 0. The second-order valence-electron chi connectivity index (χ2n) is 4.56. The minimum atomic E-state index is 0.104. The first kappa shape index (κ1) is 14.7. The zero-order valence-corrected chi connectivity index (χ0v) is 12.1. The summed E-state index contributed by atoms with van der Waals surface area (Å²) in [5, 5.41) is 13.8. The van der Waals surface area contributed by atoms with Crippen LogP contribution < -0.4 is 5.32 Å². The van der Waals surface area contributed by atoms with E-state index in [-0.39, 0.29) is 5.41 Å². The van der Waals surface area contributed by atoms with Crippen LogP contribution in [0, 0.1) is 5.41 Å². The van der Waals surface area contributed by atoms with Crippen LogP contribution in [0.5, 0.6) is 0 Å². The Morgan fingerprint density at radius 3 is 2.56 bits per heavy atom. The van der Waals surface area contributed by atoms with Gasteiger partial charge in [0, 0.05) is 47.6 Å². The van der Waals surface area contributed by atoms with E-state index in [0.717, 1.165) is 31.2 Å². The lowest BCUT2D eigenvalue weighted by molar-refractivity contribution is 0.113. The van der Waals surface area contributed by atoms with Gasteiger partial charge < -0.3 is 10.4 Å². The lowest BCUT2D eigenvalue weighted by Crippen LogP contribution is -2.40. The van der Waals surface area contributed by atoms with Gasteiger partial charge in [0.1, 0.15) is 0 Å². The minimum absolute atomic E-state index is 0.104. The fourth-order valence-corrected chi connectivity index (χ4v) is 4.58. The van der Waals surface area contributed by atoms with Gasteiger partial charge in [-0.2, -0.15) is 23.5 Å². The maximum Gasteiger partial charge on any atom is 0.0499 e. The van der Waals surface area contributed by atoms with E-state index in [1.54, 1.807) is 0 Å². The Labute approximate surface area is 108 Å².